The average Bonchev–Trinajstić information content (AvgIpc) is 3.44. The molecule has 1 fully saturated rings. The number of ether oxygens (including phenoxy) is 2. The van der Waals surface area contributed by atoms with E-state index in [2.05, 4.69) is 9.88 Å². The second-order valence-corrected chi connectivity index (χ2v) is 11.0. The van der Waals surface area contributed by atoms with Gasteiger partial charge in [0.15, 0.2) is 0 Å². The summed E-state index contributed by atoms with van der Waals surface area (Å²) in [5.41, 5.74) is 3.56. The topological polar surface area (TPSA) is 108 Å². The maximum absolute atomic E-state index is 12.6. The third-order valence-corrected chi connectivity index (χ3v) is 6.51. The van der Waals surface area contributed by atoms with Gasteiger partial charge in [-0.15, -0.1) is 0 Å². The van der Waals surface area contributed by atoms with Crippen molar-refractivity contribution in [2.45, 2.75) is 84.4 Å². The highest BCUT2D eigenvalue weighted by atomic mass is 16.6. The van der Waals surface area contributed by atoms with Gasteiger partial charge in [-0.2, -0.15) is 0 Å². The van der Waals surface area contributed by atoms with E-state index in [1.54, 1.807) is 39.3 Å². The van der Waals surface area contributed by atoms with Gasteiger partial charge < -0.3 is 23.7 Å². The smallest absolute Gasteiger partial charge is 0.326 e. The van der Waals surface area contributed by atoms with E-state index >= 15 is 0 Å². The van der Waals surface area contributed by atoms with E-state index in [1.807, 2.05) is 37.4 Å². The molecule has 0 amide bonds. The van der Waals surface area contributed by atoms with Gasteiger partial charge in [0.1, 0.15) is 17.5 Å². The van der Waals surface area contributed by atoms with Gasteiger partial charge in [0.05, 0.1) is 29.8 Å². The van der Waals surface area contributed by atoms with E-state index in [0.29, 0.717) is 18.7 Å². The van der Waals surface area contributed by atoms with Crippen LogP contribution in [0.5, 0.6) is 0 Å². The number of aliphatic hydroxyl groups is 1. The Morgan fingerprint density at radius 3 is 2.70 bits per heavy atom. The van der Waals surface area contributed by atoms with Crippen LogP contribution < -0.4 is 10.9 Å². The molecule has 0 aliphatic carbocycles. The number of carbonyl (C=O) groups is 1. The minimum absolute atomic E-state index is 0.0310. The molecule has 3 heterocycles. The monoisotopic (exact) mass is 510 g/mol. The molecular weight excluding hydrogens is 472 g/mol. The number of fused-ring (bicyclic) bond motifs is 1. The van der Waals surface area contributed by atoms with Crippen molar-refractivity contribution in [2.24, 2.45) is 7.05 Å². The van der Waals surface area contributed by atoms with Crippen molar-refractivity contribution in [1.29, 1.82) is 0 Å². The summed E-state index contributed by atoms with van der Waals surface area (Å²) in [6, 6.07) is 7.04. The molecule has 2 N–H and O–H groups in total. The summed E-state index contributed by atoms with van der Waals surface area (Å²) >= 11 is 0. The highest BCUT2D eigenvalue weighted by Gasteiger charge is 2.28. The number of nitrogens with one attached hydrogen (secondary N) is 1. The number of rotatable bonds is 8. The number of hydrogen-bond acceptors (Lipinski definition) is 7. The first-order chi connectivity index (χ1) is 17.4. The molecule has 2 aromatic heterocycles. The van der Waals surface area contributed by atoms with Gasteiger partial charge in [0, 0.05) is 37.5 Å². The Kier molecular flexibility index (Phi) is 7.87. The molecule has 1 aromatic carbocycles. The van der Waals surface area contributed by atoms with Gasteiger partial charge >= 0.3 is 5.97 Å². The summed E-state index contributed by atoms with van der Waals surface area (Å²) in [5.74, 6) is 0.293. The maximum atomic E-state index is 12.6. The van der Waals surface area contributed by atoms with E-state index in [1.165, 1.54) is 0 Å². The lowest BCUT2D eigenvalue weighted by Gasteiger charge is -2.26. The quantitative estimate of drug-likeness (QED) is 0.449. The van der Waals surface area contributed by atoms with Crippen LogP contribution in [0.1, 0.15) is 51.7 Å². The Balaban J connectivity index is 1.66. The number of imidazole rings is 1. The lowest BCUT2D eigenvalue weighted by molar-refractivity contribution is -0.160. The molecule has 9 heteroatoms. The number of benzene rings is 1. The Bertz CT molecular complexity index is 1300. The van der Waals surface area contributed by atoms with Crippen LogP contribution in [0.4, 0.5) is 0 Å². The fourth-order valence-electron chi connectivity index (χ4n) is 4.73. The zero-order valence-electron chi connectivity index (χ0n) is 22.6. The van der Waals surface area contributed by atoms with Gasteiger partial charge in [-0.3, -0.25) is 14.9 Å². The van der Waals surface area contributed by atoms with Crippen LogP contribution in [0.2, 0.25) is 0 Å². The van der Waals surface area contributed by atoms with Gasteiger partial charge in [0.25, 0.3) is 5.56 Å². The van der Waals surface area contributed by atoms with Crippen molar-refractivity contribution >= 4 is 17.0 Å². The van der Waals surface area contributed by atoms with Gasteiger partial charge in [0.2, 0.25) is 0 Å². The summed E-state index contributed by atoms with van der Waals surface area (Å²) in [7, 11) is 1.75. The fraction of sp³-hybridized carbons (Fsp3) is 0.536. The number of aryl methyl sites for hydroxylation is 2. The first-order valence-electron chi connectivity index (χ1n) is 12.9. The van der Waals surface area contributed by atoms with Gasteiger partial charge in [-0.1, -0.05) is 6.07 Å². The Labute approximate surface area is 217 Å². The largest absolute Gasteiger partial charge is 0.459 e. The molecule has 200 valence electrons. The zero-order valence-corrected chi connectivity index (χ0v) is 22.6. The van der Waals surface area contributed by atoms with E-state index in [4.69, 9.17) is 14.5 Å². The molecule has 9 nitrogen and oxygen atoms in total. The number of esters is 1. The maximum Gasteiger partial charge on any atom is 0.326 e. The predicted molar refractivity (Wildman–Crippen MR) is 142 cm³/mol. The molecule has 0 spiro atoms. The molecule has 1 aliphatic rings. The molecule has 3 aromatic rings. The number of aliphatic hydroxyl groups excluding tert-OH is 1. The van der Waals surface area contributed by atoms with Crippen molar-refractivity contribution in [3.05, 3.63) is 51.9 Å². The third-order valence-electron chi connectivity index (χ3n) is 6.51. The molecule has 1 saturated heterocycles. The van der Waals surface area contributed by atoms with E-state index in [0.717, 1.165) is 47.4 Å². The van der Waals surface area contributed by atoms with Crippen LogP contribution >= 0.6 is 0 Å². The first kappa shape index (κ1) is 27.0. The van der Waals surface area contributed by atoms with Gasteiger partial charge in [-0.25, -0.2) is 4.98 Å². The Hall–Kier alpha value is -3.01. The van der Waals surface area contributed by atoms with E-state index < -0.39 is 23.7 Å². The highest BCUT2D eigenvalue weighted by molar-refractivity contribution is 5.81. The molecule has 0 saturated carbocycles. The average molecular weight is 511 g/mol. The third kappa shape index (κ3) is 6.29. The van der Waals surface area contributed by atoms with Crippen LogP contribution in [0.15, 0.2) is 35.3 Å². The molecule has 1 aliphatic heterocycles. The molecule has 3 atom stereocenters. The standard InChI is InChI=1S/C28H38N4O5/c1-17-12-20(15-31(6)26(17)34)25-30-22-13-19(9-10-23(22)32(25)16-21-8-7-11-36-21)14-29-24(18(2)33)27(35)37-28(3,4)5/h9-10,12-13,15,18,21,24,29,33H,7-8,11,14,16H2,1-6H3. The normalized spacial score (nSPS) is 17.8. The van der Waals surface area contributed by atoms with Crippen molar-refractivity contribution < 1.29 is 19.4 Å². The molecule has 37 heavy (non-hydrogen) atoms. The zero-order chi connectivity index (χ0) is 26.9. The number of hydrogen-bond donors (Lipinski definition) is 2. The number of carbonyl (C=O) groups excluding carboxylic acids is 1. The lowest BCUT2D eigenvalue weighted by atomic mass is 10.1. The summed E-state index contributed by atoms with van der Waals surface area (Å²) in [5, 5.41) is 13.3. The Morgan fingerprint density at radius 2 is 2.08 bits per heavy atom. The van der Waals surface area contributed by atoms with Crippen LogP contribution in [0.3, 0.4) is 0 Å². The second-order valence-electron chi connectivity index (χ2n) is 11.0. The van der Waals surface area contributed by atoms with Crippen molar-refractivity contribution in [3.8, 4) is 11.4 Å². The summed E-state index contributed by atoms with van der Waals surface area (Å²) in [6.45, 7) is 10.6. The molecular formula is C28H38N4O5. The van der Waals surface area contributed by atoms with Crippen molar-refractivity contribution in [2.75, 3.05) is 6.61 Å². The summed E-state index contributed by atoms with van der Waals surface area (Å²) in [4.78, 5) is 29.8. The van der Waals surface area contributed by atoms with Crippen LogP contribution in [0.25, 0.3) is 22.4 Å². The lowest BCUT2D eigenvalue weighted by Crippen LogP contribution is -2.47. The minimum atomic E-state index is -0.913. The van der Waals surface area contributed by atoms with Crippen LogP contribution in [-0.2, 0) is 34.4 Å². The molecule has 0 bridgehead atoms. The van der Waals surface area contributed by atoms with E-state index in [9.17, 15) is 14.7 Å². The number of pyridine rings is 1. The summed E-state index contributed by atoms with van der Waals surface area (Å²) < 4.78 is 15.1. The number of nitrogens with zero attached hydrogens (tertiary/aromatic N) is 3. The van der Waals surface area contributed by atoms with E-state index in [-0.39, 0.29) is 11.7 Å². The second kappa shape index (κ2) is 10.8. The van der Waals surface area contributed by atoms with Crippen LogP contribution in [0, 0.1) is 6.92 Å². The SMILES string of the molecule is Cc1cc(-c2nc3cc(CNC(C(=O)OC(C)(C)C)C(C)O)ccc3n2CC2CCCO2)cn(C)c1=O. The molecule has 4 rings (SSSR count). The fourth-order valence-corrected chi connectivity index (χ4v) is 4.73. The van der Waals surface area contributed by atoms with Crippen molar-refractivity contribution in [3.63, 3.8) is 0 Å². The van der Waals surface area contributed by atoms with Crippen molar-refractivity contribution in [1.82, 2.24) is 19.4 Å². The number of aromatic nitrogens is 3. The Morgan fingerprint density at radius 1 is 1.32 bits per heavy atom. The molecule has 0 radical (unpaired) electrons. The van der Waals surface area contributed by atoms with Gasteiger partial charge in [-0.05, 0) is 71.2 Å². The van der Waals surface area contributed by atoms with Crippen LogP contribution in [-0.4, -0.2) is 55.7 Å². The minimum Gasteiger partial charge on any atom is -0.459 e. The summed E-state index contributed by atoms with van der Waals surface area (Å²) in [6.07, 6.45) is 3.07. The first-order valence-corrected chi connectivity index (χ1v) is 12.9. The predicted octanol–water partition coefficient (Wildman–Crippen LogP) is 3.07. The molecule has 3 unspecified atom stereocenters. The highest BCUT2D eigenvalue weighted by Crippen LogP contribution is 2.28.